The van der Waals surface area contributed by atoms with Crippen molar-refractivity contribution in [1.82, 2.24) is 4.57 Å². The minimum Gasteiger partial charge on any atom is -0.497 e. The second-order valence-corrected chi connectivity index (χ2v) is 14.4. The molecule has 1 N–H and O–H groups in total. The van der Waals surface area contributed by atoms with Crippen LogP contribution in [0.2, 0.25) is 0 Å². The molecule has 2 heterocycles. The lowest BCUT2D eigenvalue weighted by molar-refractivity contribution is -0.302. The third-order valence-electron chi connectivity index (χ3n) is 11.4. The predicted molar refractivity (Wildman–Crippen MR) is 163 cm³/mol. The smallest absolute Gasteiger partial charge is 0.341 e. The fourth-order valence-corrected chi connectivity index (χ4v) is 8.46. The molecule has 1 aromatic carbocycles. The molecule has 0 unspecified atom stereocenters. The van der Waals surface area contributed by atoms with Crippen molar-refractivity contribution in [2.24, 2.45) is 35.6 Å². The van der Waals surface area contributed by atoms with Crippen molar-refractivity contribution >= 4 is 22.7 Å². The molecule has 1 aliphatic heterocycles. The highest BCUT2D eigenvalue weighted by molar-refractivity contribution is 6.06. The molecule has 8 nitrogen and oxygen atoms in total. The average Bonchev–Trinajstić information content (AvgIpc) is 3.28. The lowest BCUT2D eigenvalue weighted by atomic mass is 9.59. The van der Waals surface area contributed by atoms with Crippen molar-refractivity contribution in [1.29, 1.82) is 0 Å². The van der Waals surface area contributed by atoms with Gasteiger partial charge < -0.3 is 28.6 Å². The van der Waals surface area contributed by atoms with E-state index in [-0.39, 0.29) is 29.6 Å². The molecule has 0 radical (unpaired) electrons. The highest BCUT2D eigenvalue weighted by Crippen LogP contribution is 2.64. The molecular formula is C35H45NO7. The van der Waals surface area contributed by atoms with E-state index in [1.54, 1.807) is 7.11 Å². The van der Waals surface area contributed by atoms with Gasteiger partial charge in [0.1, 0.15) is 11.9 Å². The summed E-state index contributed by atoms with van der Waals surface area (Å²) in [5.74, 6) is -1.54. The molecule has 6 rings (SSSR count). The number of Topliss-reactive ketones (excluding diaryl/α,β-unsaturated/α-hetero) is 1. The van der Waals surface area contributed by atoms with Crippen molar-refractivity contribution in [3.05, 3.63) is 52.8 Å². The molecule has 232 valence electrons. The Morgan fingerprint density at radius 3 is 2.49 bits per heavy atom. The second-order valence-electron chi connectivity index (χ2n) is 14.4. The van der Waals surface area contributed by atoms with Crippen LogP contribution in [0.1, 0.15) is 70.9 Å². The molecule has 2 bridgehead atoms. The number of allylic oxidation sites excluding steroid dienone is 1. The van der Waals surface area contributed by atoms with Gasteiger partial charge in [0.15, 0.2) is 23.3 Å². The Morgan fingerprint density at radius 1 is 1.12 bits per heavy atom. The molecule has 8 heteroatoms. The highest BCUT2D eigenvalue weighted by atomic mass is 16.7. The molecule has 43 heavy (non-hydrogen) atoms. The van der Waals surface area contributed by atoms with E-state index in [1.165, 1.54) is 0 Å². The van der Waals surface area contributed by atoms with Gasteiger partial charge in [0.2, 0.25) is 0 Å². The number of aromatic nitrogens is 1. The normalized spacial score (nSPS) is 36.2. The molecule has 2 aromatic rings. The predicted octanol–water partition coefficient (Wildman–Crippen LogP) is 5.68. The van der Waals surface area contributed by atoms with E-state index in [9.17, 15) is 14.7 Å². The third-order valence-corrected chi connectivity index (χ3v) is 11.4. The molecule has 0 amide bonds. The molecule has 2 fully saturated rings. The van der Waals surface area contributed by atoms with Crippen LogP contribution in [-0.4, -0.2) is 58.7 Å². The Hall–Kier alpha value is -2.94. The maximum absolute atomic E-state index is 15.0. The molecule has 1 saturated heterocycles. The van der Waals surface area contributed by atoms with E-state index >= 15 is 0 Å². The number of fused-ring (bicyclic) bond motifs is 4. The number of benzene rings is 1. The Labute approximate surface area is 254 Å². The van der Waals surface area contributed by atoms with Gasteiger partial charge in [0, 0.05) is 29.6 Å². The van der Waals surface area contributed by atoms with E-state index in [4.69, 9.17) is 18.9 Å². The number of methoxy groups -OCH3 is 1. The molecular weight excluding hydrogens is 546 g/mol. The van der Waals surface area contributed by atoms with E-state index in [0.29, 0.717) is 27.8 Å². The average molecular weight is 592 g/mol. The molecule has 1 aromatic heterocycles. The lowest BCUT2D eigenvalue weighted by Gasteiger charge is -2.52. The molecule has 4 aliphatic rings. The van der Waals surface area contributed by atoms with Crippen LogP contribution in [0.15, 0.2) is 41.5 Å². The quantitative estimate of drug-likeness (QED) is 0.363. The van der Waals surface area contributed by atoms with Gasteiger partial charge in [-0.3, -0.25) is 4.79 Å². The Balaban J connectivity index is 1.54. The summed E-state index contributed by atoms with van der Waals surface area (Å²) in [7, 11) is 3.49. The van der Waals surface area contributed by atoms with Gasteiger partial charge in [-0.1, -0.05) is 39.8 Å². The highest BCUT2D eigenvalue weighted by Gasteiger charge is 2.74. The van der Waals surface area contributed by atoms with Gasteiger partial charge >= 0.3 is 5.97 Å². The number of hydrogen-bond acceptors (Lipinski definition) is 7. The number of rotatable bonds is 3. The number of aliphatic hydroxyl groups is 1. The van der Waals surface area contributed by atoms with Crippen molar-refractivity contribution in [2.45, 2.75) is 85.4 Å². The van der Waals surface area contributed by atoms with Crippen LogP contribution < -0.4 is 4.74 Å². The first-order valence-corrected chi connectivity index (χ1v) is 15.3. The Kier molecular flexibility index (Phi) is 6.67. The monoisotopic (exact) mass is 591 g/mol. The van der Waals surface area contributed by atoms with Crippen molar-refractivity contribution in [2.75, 3.05) is 13.7 Å². The van der Waals surface area contributed by atoms with Crippen LogP contribution in [0.25, 0.3) is 10.9 Å². The number of carbonyl (C=O) groups excluding carboxylic acids is 2. The standard InChI is InChI=1S/C35H45NO7/c1-18-16-34-20(3)13-19(2)32(5,6)25(28(34)37)14-22-17-41-33(7,8)43-30(22)35(34,39)29(18)42-31(38)27-21(4)36(9)26-12-11-23(40-10)15-24(26)27/h11-12,14-16,19-20,25,29-30,39H,13,17H2,1-10H3/t19-,20+,25+,29-,30+,34-,35+/m0/s1. The summed E-state index contributed by atoms with van der Waals surface area (Å²) in [6, 6.07) is 5.60. The fourth-order valence-electron chi connectivity index (χ4n) is 8.46. The zero-order valence-corrected chi connectivity index (χ0v) is 27.0. The largest absolute Gasteiger partial charge is 0.497 e. The van der Waals surface area contributed by atoms with Crippen LogP contribution in [0.3, 0.4) is 0 Å². The van der Waals surface area contributed by atoms with Gasteiger partial charge in [-0.05, 0) is 80.7 Å². The minimum absolute atomic E-state index is 0.0517. The summed E-state index contributed by atoms with van der Waals surface area (Å²) >= 11 is 0. The first-order valence-electron chi connectivity index (χ1n) is 15.3. The van der Waals surface area contributed by atoms with Crippen LogP contribution in [-0.2, 0) is 26.1 Å². The molecule has 3 aliphatic carbocycles. The number of aryl methyl sites for hydroxylation is 1. The summed E-state index contributed by atoms with van der Waals surface area (Å²) in [6.45, 7) is 16.0. The second kappa shape index (κ2) is 9.53. The van der Waals surface area contributed by atoms with Crippen molar-refractivity contribution in [3.63, 3.8) is 0 Å². The van der Waals surface area contributed by atoms with Gasteiger partial charge in [-0.25, -0.2) is 4.79 Å². The van der Waals surface area contributed by atoms with Gasteiger partial charge in [-0.2, -0.15) is 0 Å². The molecule has 7 atom stereocenters. The van der Waals surface area contributed by atoms with Gasteiger partial charge in [0.05, 0.1) is 24.7 Å². The zero-order chi connectivity index (χ0) is 31.4. The van der Waals surface area contributed by atoms with Crippen LogP contribution in [0.4, 0.5) is 0 Å². The first-order chi connectivity index (χ1) is 20.0. The van der Waals surface area contributed by atoms with E-state index in [2.05, 4.69) is 20.8 Å². The van der Waals surface area contributed by atoms with E-state index in [0.717, 1.165) is 17.6 Å². The number of hydrogen-bond donors (Lipinski definition) is 1. The van der Waals surface area contributed by atoms with Crippen LogP contribution >= 0.6 is 0 Å². The topological polar surface area (TPSA) is 96.2 Å². The molecule has 1 saturated carbocycles. The third kappa shape index (κ3) is 3.91. The zero-order valence-electron chi connectivity index (χ0n) is 27.0. The number of nitrogens with zero attached hydrogens (tertiary/aromatic N) is 1. The Morgan fingerprint density at radius 2 is 1.81 bits per heavy atom. The van der Waals surface area contributed by atoms with E-state index < -0.39 is 40.9 Å². The summed E-state index contributed by atoms with van der Waals surface area (Å²) < 4.78 is 26.5. The molecule has 1 spiro atoms. The number of esters is 1. The van der Waals surface area contributed by atoms with Crippen LogP contribution in [0, 0.1) is 35.5 Å². The summed E-state index contributed by atoms with van der Waals surface area (Å²) in [5, 5.41) is 14.0. The Bertz CT molecular complexity index is 1590. The SMILES string of the molecule is COc1ccc2c(c1)c(C(=O)O[C@H]1C(C)=C[C@]34C(=O)[C@@H](C=C5COC(C)(C)O[C@H]5[C@]13O)C(C)(C)[C@@H](C)C[C@H]4C)c(C)n2C. The fraction of sp³-hybridized carbons (Fsp3) is 0.600. The van der Waals surface area contributed by atoms with Gasteiger partial charge in [-0.15, -0.1) is 0 Å². The number of carbonyl (C=O) groups is 2. The summed E-state index contributed by atoms with van der Waals surface area (Å²) in [4.78, 5) is 29.2. The van der Waals surface area contributed by atoms with Crippen molar-refractivity contribution in [3.8, 4) is 5.75 Å². The maximum atomic E-state index is 15.0. The number of ketones is 1. The van der Waals surface area contributed by atoms with Crippen LogP contribution in [0.5, 0.6) is 5.75 Å². The summed E-state index contributed by atoms with van der Waals surface area (Å²) in [5.41, 5.74) is -0.240. The number of ether oxygens (including phenoxy) is 4. The minimum atomic E-state index is -1.89. The maximum Gasteiger partial charge on any atom is 0.341 e. The first kappa shape index (κ1) is 30.1. The van der Waals surface area contributed by atoms with E-state index in [1.807, 2.05) is 76.6 Å². The van der Waals surface area contributed by atoms with Crippen molar-refractivity contribution < 1.29 is 33.6 Å². The summed E-state index contributed by atoms with van der Waals surface area (Å²) in [6.07, 6.45) is 2.57. The lowest BCUT2D eigenvalue weighted by Crippen LogP contribution is -2.68. The van der Waals surface area contributed by atoms with Gasteiger partial charge in [0.25, 0.3) is 0 Å².